The minimum atomic E-state index is 0.649. The summed E-state index contributed by atoms with van der Waals surface area (Å²) in [4.78, 5) is 6.81. The smallest absolute Gasteiger partial charge is 0.181 e. The van der Waals surface area contributed by atoms with Crippen molar-refractivity contribution in [3.63, 3.8) is 0 Å². The van der Waals surface area contributed by atoms with E-state index < -0.39 is 0 Å². The molecule has 1 aliphatic rings. The van der Waals surface area contributed by atoms with Gasteiger partial charge in [-0.15, -0.1) is 0 Å². The third-order valence-corrected chi connectivity index (χ3v) is 3.48. The van der Waals surface area contributed by atoms with Crippen LogP contribution in [0.1, 0.15) is 38.1 Å². The number of hydrogen-bond acceptors (Lipinski definition) is 4. The van der Waals surface area contributed by atoms with Crippen molar-refractivity contribution in [3.05, 3.63) is 17.8 Å². The molecule has 1 N–H and O–H groups in total. The summed E-state index contributed by atoms with van der Waals surface area (Å²) in [5.41, 5.74) is 1.08. The van der Waals surface area contributed by atoms with Gasteiger partial charge in [-0.05, 0) is 32.2 Å². The van der Waals surface area contributed by atoms with Gasteiger partial charge in [0, 0.05) is 25.7 Å². The highest BCUT2D eigenvalue weighted by molar-refractivity contribution is 5.04. The zero-order valence-corrected chi connectivity index (χ0v) is 11.8. The highest BCUT2D eigenvalue weighted by Gasteiger charge is 2.19. The summed E-state index contributed by atoms with van der Waals surface area (Å²) in [7, 11) is 0. The first-order chi connectivity index (χ1) is 8.65. The summed E-state index contributed by atoms with van der Waals surface area (Å²) in [6.07, 6.45) is 4.15. The van der Waals surface area contributed by atoms with Crippen LogP contribution in [-0.2, 0) is 6.54 Å². The van der Waals surface area contributed by atoms with Gasteiger partial charge in [0.15, 0.2) is 6.39 Å². The average molecular weight is 251 g/mol. The first-order valence-corrected chi connectivity index (χ1v) is 7.00. The lowest BCUT2D eigenvalue weighted by Gasteiger charge is -2.26. The van der Waals surface area contributed by atoms with Crippen LogP contribution in [0.25, 0.3) is 0 Å². The lowest BCUT2D eigenvalue weighted by molar-refractivity contribution is 0.213. The lowest BCUT2D eigenvalue weighted by Crippen LogP contribution is -2.39. The monoisotopic (exact) mass is 251 g/mol. The Balaban J connectivity index is 1.93. The molecule has 0 aliphatic carbocycles. The van der Waals surface area contributed by atoms with Crippen molar-refractivity contribution in [3.8, 4) is 0 Å². The molecule has 0 bridgehead atoms. The van der Waals surface area contributed by atoms with Gasteiger partial charge in [-0.3, -0.25) is 4.90 Å². The summed E-state index contributed by atoms with van der Waals surface area (Å²) < 4.78 is 5.29. The summed E-state index contributed by atoms with van der Waals surface area (Å²) >= 11 is 0. The first kappa shape index (κ1) is 13.6. The molecule has 0 radical (unpaired) electrons. The fourth-order valence-electron chi connectivity index (χ4n) is 2.64. The van der Waals surface area contributed by atoms with E-state index in [9.17, 15) is 0 Å². The van der Waals surface area contributed by atoms with Crippen molar-refractivity contribution in [1.82, 2.24) is 15.2 Å². The molecule has 4 nitrogen and oxygen atoms in total. The highest BCUT2D eigenvalue weighted by atomic mass is 16.3. The quantitative estimate of drug-likeness (QED) is 0.841. The molecule has 102 valence electrons. The van der Waals surface area contributed by atoms with Crippen molar-refractivity contribution in [1.29, 1.82) is 0 Å². The Labute approximate surface area is 110 Å². The second kappa shape index (κ2) is 6.34. The Morgan fingerprint density at radius 1 is 1.56 bits per heavy atom. The van der Waals surface area contributed by atoms with E-state index in [0.29, 0.717) is 12.0 Å². The van der Waals surface area contributed by atoms with Crippen molar-refractivity contribution < 1.29 is 4.42 Å². The molecule has 1 fully saturated rings. The molecule has 0 saturated carbocycles. The number of oxazole rings is 1. The fraction of sp³-hybridized carbons (Fsp3) is 0.786. The van der Waals surface area contributed by atoms with E-state index in [4.69, 9.17) is 4.42 Å². The highest BCUT2D eigenvalue weighted by Crippen LogP contribution is 2.13. The zero-order chi connectivity index (χ0) is 13.0. The standard InChI is InChI=1S/C14H25N3O/c1-11(2)7-17(8-13-5-4-6-15-13)9-14-12(3)18-10-16-14/h10-11,13,15H,4-9H2,1-3H3. The molecule has 2 rings (SSSR count). The van der Waals surface area contributed by atoms with Gasteiger partial charge in [0.25, 0.3) is 0 Å². The Kier molecular flexibility index (Phi) is 4.78. The normalized spacial score (nSPS) is 20.2. The second-order valence-electron chi connectivity index (χ2n) is 5.74. The number of aryl methyl sites for hydroxylation is 1. The summed E-state index contributed by atoms with van der Waals surface area (Å²) in [6.45, 7) is 10.8. The molecule has 2 heterocycles. The molecule has 1 aromatic heterocycles. The van der Waals surface area contributed by atoms with Gasteiger partial charge in [-0.1, -0.05) is 13.8 Å². The lowest BCUT2D eigenvalue weighted by atomic mass is 10.1. The van der Waals surface area contributed by atoms with Crippen LogP contribution in [0.15, 0.2) is 10.8 Å². The van der Waals surface area contributed by atoms with Gasteiger partial charge in [-0.25, -0.2) is 4.98 Å². The van der Waals surface area contributed by atoms with Crippen LogP contribution in [0.3, 0.4) is 0 Å². The van der Waals surface area contributed by atoms with Gasteiger partial charge >= 0.3 is 0 Å². The van der Waals surface area contributed by atoms with Crippen LogP contribution in [0.4, 0.5) is 0 Å². The predicted octanol–water partition coefficient (Wildman–Crippen LogP) is 2.19. The Hall–Kier alpha value is -0.870. The molecular weight excluding hydrogens is 226 g/mol. The van der Waals surface area contributed by atoms with Gasteiger partial charge in [0.05, 0.1) is 5.69 Å². The molecule has 4 heteroatoms. The van der Waals surface area contributed by atoms with Crippen molar-refractivity contribution >= 4 is 0 Å². The van der Waals surface area contributed by atoms with Crippen molar-refractivity contribution in [2.75, 3.05) is 19.6 Å². The van der Waals surface area contributed by atoms with Crippen LogP contribution in [0, 0.1) is 12.8 Å². The molecule has 0 spiro atoms. The van der Waals surface area contributed by atoms with Gasteiger partial charge in [0.2, 0.25) is 0 Å². The van der Waals surface area contributed by atoms with E-state index in [1.807, 2.05) is 6.92 Å². The molecule has 18 heavy (non-hydrogen) atoms. The Morgan fingerprint density at radius 2 is 2.39 bits per heavy atom. The third-order valence-electron chi connectivity index (χ3n) is 3.48. The van der Waals surface area contributed by atoms with Gasteiger partial charge < -0.3 is 9.73 Å². The molecule has 1 aromatic rings. The molecule has 1 aliphatic heterocycles. The maximum absolute atomic E-state index is 5.29. The number of aromatic nitrogens is 1. The second-order valence-corrected chi connectivity index (χ2v) is 5.74. The number of nitrogens with zero attached hydrogens (tertiary/aromatic N) is 2. The number of rotatable bonds is 6. The topological polar surface area (TPSA) is 41.3 Å². The van der Waals surface area contributed by atoms with Crippen LogP contribution >= 0.6 is 0 Å². The zero-order valence-electron chi connectivity index (χ0n) is 11.8. The molecule has 1 atom stereocenters. The Morgan fingerprint density at radius 3 is 2.94 bits per heavy atom. The van der Waals surface area contributed by atoms with Crippen LogP contribution < -0.4 is 5.32 Å². The van der Waals surface area contributed by atoms with Crippen LogP contribution in [0.5, 0.6) is 0 Å². The summed E-state index contributed by atoms with van der Waals surface area (Å²) in [5, 5.41) is 3.57. The number of hydrogen-bond donors (Lipinski definition) is 1. The van der Waals surface area contributed by atoms with E-state index in [1.165, 1.54) is 19.4 Å². The van der Waals surface area contributed by atoms with Crippen LogP contribution in [0.2, 0.25) is 0 Å². The van der Waals surface area contributed by atoms with Crippen molar-refractivity contribution in [2.45, 2.75) is 46.2 Å². The van der Waals surface area contributed by atoms with Gasteiger partial charge in [0.1, 0.15) is 5.76 Å². The average Bonchev–Trinajstić information content (AvgIpc) is 2.91. The molecule has 0 amide bonds. The number of nitrogens with one attached hydrogen (secondary N) is 1. The van der Waals surface area contributed by atoms with E-state index in [2.05, 4.69) is 29.0 Å². The van der Waals surface area contributed by atoms with E-state index >= 15 is 0 Å². The minimum Gasteiger partial charge on any atom is -0.448 e. The van der Waals surface area contributed by atoms with Crippen molar-refractivity contribution in [2.24, 2.45) is 5.92 Å². The predicted molar refractivity (Wildman–Crippen MR) is 72.4 cm³/mol. The molecule has 0 aromatic carbocycles. The van der Waals surface area contributed by atoms with E-state index in [1.54, 1.807) is 6.39 Å². The summed E-state index contributed by atoms with van der Waals surface area (Å²) in [5.74, 6) is 1.63. The largest absolute Gasteiger partial charge is 0.448 e. The molecule has 1 unspecified atom stereocenters. The van der Waals surface area contributed by atoms with E-state index in [0.717, 1.165) is 31.1 Å². The third kappa shape index (κ3) is 3.82. The van der Waals surface area contributed by atoms with Gasteiger partial charge in [-0.2, -0.15) is 0 Å². The summed E-state index contributed by atoms with van der Waals surface area (Å²) in [6, 6.07) is 0.649. The van der Waals surface area contributed by atoms with Crippen LogP contribution in [-0.4, -0.2) is 35.6 Å². The SMILES string of the molecule is Cc1ocnc1CN(CC(C)C)CC1CCCN1. The first-order valence-electron chi connectivity index (χ1n) is 7.00. The minimum absolute atomic E-state index is 0.649. The maximum Gasteiger partial charge on any atom is 0.181 e. The fourth-order valence-corrected chi connectivity index (χ4v) is 2.64. The molecular formula is C14H25N3O. The maximum atomic E-state index is 5.29. The molecule has 1 saturated heterocycles. The van der Waals surface area contributed by atoms with E-state index in [-0.39, 0.29) is 0 Å². The Bertz CT molecular complexity index is 356.